The van der Waals surface area contributed by atoms with Crippen molar-refractivity contribution in [2.45, 2.75) is 104 Å². The average Bonchev–Trinajstić information content (AvgIpc) is 3.92. The number of benzene rings is 1. The highest BCUT2D eigenvalue weighted by Crippen LogP contribution is 2.43. The molecule has 4 aromatic rings. The number of rotatable bonds is 8. The van der Waals surface area contributed by atoms with Gasteiger partial charge in [0, 0.05) is 98.9 Å². The third-order valence-electron chi connectivity index (χ3n) is 13.9. The van der Waals surface area contributed by atoms with Crippen molar-refractivity contribution in [3.8, 4) is 22.5 Å². The second kappa shape index (κ2) is 19.2. The van der Waals surface area contributed by atoms with Crippen molar-refractivity contribution in [1.82, 2.24) is 44.5 Å². The van der Waals surface area contributed by atoms with Crippen LogP contribution in [0.15, 0.2) is 54.6 Å². The van der Waals surface area contributed by atoms with E-state index in [1.165, 1.54) is 32.1 Å². The van der Waals surface area contributed by atoms with Gasteiger partial charge in [0.2, 0.25) is 11.8 Å². The summed E-state index contributed by atoms with van der Waals surface area (Å²) in [4.78, 5) is 86.8. The molecule has 0 unspecified atom stereocenters. The fraction of sp³-hybridized carbons (Fsp3) is 0.531. The number of urea groups is 1. The molecule has 4 aliphatic rings. The number of cyclic esters (lactones) is 1. The molecule has 3 aromatic heterocycles. The number of aromatic nitrogens is 3. The van der Waals surface area contributed by atoms with Crippen LogP contribution in [0.25, 0.3) is 33.4 Å². The molecule has 0 saturated carbocycles. The van der Waals surface area contributed by atoms with E-state index in [9.17, 15) is 14.4 Å². The first-order valence-corrected chi connectivity index (χ1v) is 24.3. The van der Waals surface area contributed by atoms with E-state index < -0.39 is 29.0 Å². The molecule has 1 spiro atoms. The van der Waals surface area contributed by atoms with Gasteiger partial charge in [-0.25, -0.2) is 15.2 Å². The molecule has 6 bridgehead atoms. The Morgan fingerprint density at radius 3 is 2.51 bits per heavy atom. The van der Waals surface area contributed by atoms with Crippen molar-refractivity contribution < 1.29 is 33.4 Å². The van der Waals surface area contributed by atoms with Crippen LogP contribution in [0.3, 0.4) is 0 Å². The minimum absolute atomic E-state index is 0.118. The van der Waals surface area contributed by atoms with E-state index in [4.69, 9.17) is 19.4 Å². The zero-order valence-corrected chi connectivity index (χ0v) is 40.9. The summed E-state index contributed by atoms with van der Waals surface area (Å²) in [5.74, 6) is -1.69. The van der Waals surface area contributed by atoms with Crippen LogP contribution in [0.5, 0.6) is 0 Å². The van der Waals surface area contributed by atoms with Crippen molar-refractivity contribution in [2.24, 2.45) is 11.3 Å². The summed E-state index contributed by atoms with van der Waals surface area (Å²) in [6, 6.07) is 8.42. The number of thiazole rings is 1. The van der Waals surface area contributed by atoms with Crippen LogP contribution in [0, 0.1) is 11.3 Å². The van der Waals surface area contributed by atoms with Gasteiger partial charge in [-0.2, -0.15) is 0 Å². The van der Waals surface area contributed by atoms with E-state index in [-0.39, 0.29) is 55.1 Å². The molecule has 1 aromatic carbocycles. The number of nitrogens with zero attached hydrogens (tertiary/aromatic N) is 8. The van der Waals surface area contributed by atoms with Gasteiger partial charge in [0.05, 0.1) is 34.8 Å². The van der Waals surface area contributed by atoms with Gasteiger partial charge >= 0.3 is 12.0 Å². The normalized spacial score (nSPS) is 21.9. The quantitative estimate of drug-likeness (QED) is 0.131. The van der Waals surface area contributed by atoms with Gasteiger partial charge in [0.15, 0.2) is 0 Å². The molecule has 67 heavy (non-hydrogen) atoms. The summed E-state index contributed by atoms with van der Waals surface area (Å²) >= 11 is 1.44. The van der Waals surface area contributed by atoms with Gasteiger partial charge in [-0.05, 0) is 81.3 Å². The number of esters is 1. The summed E-state index contributed by atoms with van der Waals surface area (Å²) < 4.78 is 14.3. The van der Waals surface area contributed by atoms with E-state index >= 15 is 9.59 Å². The van der Waals surface area contributed by atoms with Crippen LogP contribution >= 0.6 is 11.3 Å². The molecule has 4 atom stereocenters. The van der Waals surface area contributed by atoms with Crippen LogP contribution in [-0.4, -0.2) is 147 Å². The van der Waals surface area contributed by atoms with Crippen LogP contribution in [0.4, 0.5) is 4.79 Å². The number of carbonyl (C=O) groups is 5. The Kier molecular flexibility index (Phi) is 13.7. The molecule has 3 fully saturated rings. The van der Waals surface area contributed by atoms with E-state index in [2.05, 4.69) is 61.6 Å². The Morgan fingerprint density at radius 1 is 1.09 bits per heavy atom. The average molecular weight is 933 g/mol. The van der Waals surface area contributed by atoms with Crippen molar-refractivity contribution in [3.05, 3.63) is 70.8 Å². The largest absolute Gasteiger partial charge is 0.464 e. The third-order valence-corrected chi connectivity index (χ3v) is 14.8. The lowest BCUT2D eigenvalue weighted by Gasteiger charge is -2.54. The first-order valence-electron chi connectivity index (χ1n) is 23.4. The highest BCUT2D eigenvalue weighted by atomic mass is 32.1. The monoisotopic (exact) mass is 932 g/mol. The van der Waals surface area contributed by atoms with Gasteiger partial charge in [0.1, 0.15) is 17.6 Å². The number of amides is 5. The molecule has 4 aliphatic heterocycles. The smallest absolute Gasteiger partial charge is 0.324 e. The first kappa shape index (κ1) is 47.9. The summed E-state index contributed by atoms with van der Waals surface area (Å²) in [5, 5.41) is 5.21. The highest BCUT2D eigenvalue weighted by Gasteiger charge is 2.58. The number of carbonyl (C=O) groups excluding carboxylic acids is 5. The van der Waals surface area contributed by atoms with Crippen molar-refractivity contribution in [1.29, 1.82) is 0 Å². The Bertz CT molecular complexity index is 2570. The number of pyridine rings is 1. The molecule has 3 saturated heterocycles. The molecule has 18 heteroatoms. The molecule has 8 rings (SSSR count). The van der Waals surface area contributed by atoms with E-state index in [0.29, 0.717) is 63.5 Å². The third kappa shape index (κ3) is 8.99. The number of piperazine rings is 1. The Balaban J connectivity index is 1.19. The number of methoxy groups -OCH3 is 1. The molecule has 0 aliphatic carbocycles. The van der Waals surface area contributed by atoms with Crippen LogP contribution in [-0.2, 0) is 48.0 Å². The SMILES string of the molecule is C=CC(=O)N1CCN(C(=O)N(C)[C@H](C(=O)N2[B]C[C@@]23Cc2nc(cs2)-c2ccc4c(c2)c(c(-c2cccnc2[C@H](C)OC)n4CC)CC(C)(C)COC(=O)[C@@H]2CCCN(N2)C3=O)C(C)C)CC1. The van der Waals surface area contributed by atoms with Gasteiger partial charge in [-0.15, -0.1) is 11.3 Å². The maximum atomic E-state index is 15.2. The lowest BCUT2D eigenvalue weighted by atomic mass is 9.57. The minimum Gasteiger partial charge on any atom is -0.464 e. The van der Waals surface area contributed by atoms with Gasteiger partial charge in [-0.1, -0.05) is 40.3 Å². The topological polar surface area (TPSA) is 163 Å². The summed E-state index contributed by atoms with van der Waals surface area (Å²) in [6.45, 7) is 18.2. The molecule has 1 N–H and O–H groups in total. The molecular weight excluding hydrogens is 869 g/mol. The van der Waals surface area contributed by atoms with E-state index in [1.54, 1.807) is 37.6 Å². The van der Waals surface area contributed by atoms with Gasteiger partial charge in [-0.3, -0.25) is 29.2 Å². The Morgan fingerprint density at radius 2 is 1.84 bits per heavy atom. The maximum absolute atomic E-state index is 15.2. The lowest BCUT2D eigenvalue weighted by molar-refractivity contribution is -0.161. The van der Waals surface area contributed by atoms with E-state index in [0.717, 1.165) is 44.7 Å². The second-order valence-corrected chi connectivity index (χ2v) is 20.3. The predicted molar refractivity (Wildman–Crippen MR) is 258 cm³/mol. The number of hydrazine groups is 1. The summed E-state index contributed by atoms with van der Waals surface area (Å²) in [6.07, 6.45) is 4.76. The van der Waals surface area contributed by atoms with E-state index in [1.807, 2.05) is 32.2 Å². The predicted octanol–water partition coefficient (Wildman–Crippen LogP) is 5.74. The number of likely N-dealkylation sites (N-methyl/N-ethyl adjacent to an activating group) is 1. The Hall–Kier alpha value is -5.59. The van der Waals surface area contributed by atoms with Crippen molar-refractivity contribution >= 4 is 59.4 Å². The maximum Gasteiger partial charge on any atom is 0.324 e. The summed E-state index contributed by atoms with van der Waals surface area (Å²) in [7, 11) is 5.04. The number of hydrogen-bond acceptors (Lipinski definition) is 11. The van der Waals surface area contributed by atoms with Crippen LogP contribution in [0.2, 0.25) is 6.32 Å². The van der Waals surface area contributed by atoms with Crippen LogP contribution in [0.1, 0.15) is 76.8 Å². The Labute approximate surface area is 397 Å². The van der Waals surface area contributed by atoms with Crippen molar-refractivity contribution in [2.75, 3.05) is 53.5 Å². The standard InChI is InChI=1S/C49H63BN9O7S/c1-10-40(60)55-20-22-56(23-21-55)47(64)54(8)42(30(3)4)44(61)59-49(28-50-59)26-39-52-37(27-67-39)32-16-17-38-34(24-32)35(43(57(38)11-2)33-14-12-18-51-41(33)31(5)65-9)25-48(6,7)29-66-45(62)36-15-13-19-58(53-36)46(49)63/h10,12,14,16-18,24,27,30-31,36,42,53H,1,11,13,15,19-23,25-26,28-29H2,2-9H3/t31-,36-,42-,49+/m0/s1. The lowest BCUT2D eigenvalue weighted by Crippen LogP contribution is -2.76. The minimum atomic E-state index is -1.39. The molecule has 5 amide bonds. The number of nitrogens with one attached hydrogen (secondary N) is 1. The number of aryl methyl sites for hydroxylation is 1. The van der Waals surface area contributed by atoms with Crippen molar-refractivity contribution in [3.63, 3.8) is 0 Å². The van der Waals surface area contributed by atoms with Gasteiger partial charge in [0.25, 0.3) is 13.3 Å². The zero-order chi connectivity index (χ0) is 47.9. The zero-order valence-electron chi connectivity index (χ0n) is 40.0. The number of fused-ring (bicyclic) bond motifs is 6. The first-order chi connectivity index (χ1) is 32.0. The highest BCUT2D eigenvalue weighted by molar-refractivity contribution is 7.10. The van der Waals surface area contributed by atoms with Crippen LogP contribution < -0.4 is 5.43 Å². The molecular formula is C49H63BN9O7S. The second-order valence-electron chi connectivity index (χ2n) is 19.4. The molecule has 355 valence electrons. The number of ether oxygens (including phenoxy) is 2. The fourth-order valence-corrected chi connectivity index (χ4v) is 11.1. The number of hydrogen-bond donors (Lipinski definition) is 1. The summed E-state index contributed by atoms with van der Waals surface area (Å²) in [5.41, 5.74) is 7.98. The molecule has 7 heterocycles. The molecule has 1 radical (unpaired) electrons. The van der Waals surface area contributed by atoms with Gasteiger partial charge < -0.3 is 33.6 Å². The fourth-order valence-electron chi connectivity index (χ4n) is 10.2. The molecule has 16 nitrogen and oxygen atoms in total.